The van der Waals surface area contributed by atoms with Gasteiger partial charge in [0, 0.05) is 37.6 Å². The first-order chi connectivity index (χ1) is 13.6. The van der Waals surface area contributed by atoms with Gasteiger partial charge in [-0.1, -0.05) is 30.3 Å². The highest BCUT2D eigenvalue weighted by atomic mass is 32.1. The second-order valence-corrected chi connectivity index (χ2v) is 7.63. The molecule has 0 spiro atoms. The second-order valence-electron chi connectivity index (χ2n) is 6.71. The molecule has 1 amide bonds. The Hall–Kier alpha value is -2.73. The van der Waals surface area contributed by atoms with Gasteiger partial charge < -0.3 is 9.64 Å². The summed E-state index contributed by atoms with van der Waals surface area (Å²) in [4.78, 5) is 15.6. The van der Waals surface area contributed by atoms with Gasteiger partial charge in [-0.15, -0.1) is 11.3 Å². The van der Waals surface area contributed by atoms with E-state index >= 15 is 0 Å². The number of nitrogens with zero attached hydrogens (tertiary/aromatic N) is 1. The molecule has 0 atom stereocenters. The van der Waals surface area contributed by atoms with Crippen LogP contribution < -0.4 is 4.74 Å². The van der Waals surface area contributed by atoms with E-state index in [4.69, 9.17) is 4.74 Å². The Morgan fingerprint density at radius 2 is 1.79 bits per heavy atom. The maximum atomic E-state index is 13.8. The smallest absolute Gasteiger partial charge is 0.264 e. The quantitative estimate of drug-likeness (QED) is 0.590. The van der Waals surface area contributed by atoms with Crippen LogP contribution in [-0.4, -0.2) is 30.0 Å². The van der Waals surface area contributed by atoms with Crippen LogP contribution in [0.2, 0.25) is 0 Å². The zero-order chi connectivity index (χ0) is 19.5. The van der Waals surface area contributed by atoms with Crippen molar-refractivity contribution in [2.45, 2.75) is 18.9 Å². The Bertz CT molecular complexity index is 966. The fraction of sp³-hybridized carbons (Fsp3) is 0.227. The van der Waals surface area contributed by atoms with E-state index in [0.717, 1.165) is 22.1 Å². The fourth-order valence-electron chi connectivity index (χ4n) is 3.39. The van der Waals surface area contributed by atoms with Crippen molar-refractivity contribution in [1.82, 2.24) is 4.90 Å². The summed E-state index contributed by atoms with van der Waals surface area (Å²) >= 11 is 1.45. The van der Waals surface area contributed by atoms with Crippen molar-refractivity contribution in [2.75, 3.05) is 13.1 Å². The number of piperidine rings is 1. The molecular weight excluding hydrogens is 380 g/mol. The third-order valence-electron chi connectivity index (χ3n) is 4.86. The highest BCUT2D eigenvalue weighted by Gasteiger charge is 2.27. The molecule has 1 saturated heterocycles. The molecule has 4 rings (SSSR count). The summed E-state index contributed by atoms with van der Waals surface area (Å²) in [6.45, 7) is 1.08. The molecule has 3 nitrogen and oxygen atoms in total. The minimum atomic E-state index is -0.704. The first-order valence-corrected chi connectivity index (χ1v) is 10.0. The molecule has 1 fully saturated rings. The Labute approximate surface area is 166 Å². The van der Waals surface area contributed by atoms with Crippen LogP contribution in [-0.2, 0) is 0 Å². The van der Waals surface area contributed by atoms with E-state index in [1.54, 1.807) is 0 Å². The zero-order valence-electron chi connectivity index (χ0n) is 15.1. The van der Waals surface area contributed by atoms with E-state index in [9.17, 15) is 13.6 Å². The summed E-state index contributed by atoms with van der Waals surface area (Å²) in [5, 5.41) is 1.93. The number of hydrogen-bond acceptors (Lipinski definition) is 3. The lowest BCUT2D eigenvalue weighted by Crippen LogP contribution is -2.41. The molecule has 0 N–H and O–H groups in total. The maximum absolute atomic E-state index is 13.8. The van der Waals surface area contributed by atoms with Crippen LogP contribution in [0, 0.1) is 11.6 Å². The molecule has 0 unspecified atom stereocenters. The Balaban J connectivity index is 1.40. The number of benzene rings is 2. The van der Waals surface area contributed by atoms with E-state index in [2.05, 4.69) is 0 Å². The molecule has 0 bridgehead atoms. The van der Waals surface area contributed by atoms with Crippen LogP contribution >= 0.6 is 11.3 Å². The lowest BCUT2D eigenvalue weighted by molar-refractivity contribution is 0.0593. The Kier molecular flexibility index (Phi) is 5.39. The van der Waals surface area contributed by atoms with Crippen molar-refractivity contribution >= 4 is 17.2 Å². The number of ether oxygens (including phenoxy) is 1. The predicted octanol–water partition coefficient (Wildman–Crippen LogP) is 5.38. The van der Waals surface area contributed by atoms with Gasteiger partial charge in [-0.2, -0.15) is 0 Å². The highest BCUT2D eigenvalue weighted by molar-refractivity contribution is 7.12. The van der Waals surface area contributed by atoms with Crippen molar-refractivity contribution in [3.8, 4) is 16.9 Å². The van der Waals surface area contributed by atoms with Crippen molar-refractivity contribution in [1.29, 1.82) is 0 Å². The molecule has 3 aromatic rings. The van der Waals surface area contributed by atoms with E-state index in [1.165, 1.54) is 23.5 Å². The Morgan fingerprint density at radius 3 is 2.50 bits per heavy atom. The summed E-state index contributed by atoms with van der Waals surface area (Å²) in [6.07, 6.45) is 1.02. The highest BCUT2D eigenvalue weighted by Crippen LogP contribution is 2.30. The predicted molar refractivity (Wildman–Crippen MR) is 106 cm³/mol. The van der Waals surface area contributed by atoms with Crippen molar-refractivity contribution in [2.24, 2.45) is 0 Å². The minimum Gasteiger partial charge on any atom is -0.487 e. The number of carbonyl (C=O) groups excluding carboxylic acids is 1. The van der Waals surface area contributed by atoms with E-state index in [0.29, 0.717) is 25.9 Å². The number of hydrogen-bond donors (Lipinski definition) is 0. The first-order valence-electron chi connectivity index (χ1n) is 9.16. The van der Waals surface area contributed by atoms with Crippen molar-refractivity contribution in [3.63, 3.8) is 0 Å². The maximum Gasteiger partial charge on any atom is 0.264 e. The van der Waals surface area contributed by atoms with Gasteiger partial charge >= 0.3 is 0 Å². The monoisotopic (exact) mass is 399 g/mol. The summed E-state index contributed by atoms with van der Waals surface area (Å²) in [5.74, 6) is -1.27. The first kappa shape index (κ1) is 18.6. The number of rotatable bonds is 4. The van der Waals surface area contributed by atoms with Crippen LogP contribution in [0.3, 0.4) is 0 Å². The van der Waals surface area contributed by atoms with Gasteiger partial charge in [-0.05, 0) is 29.1 Å². The van der Waals surface area contributed by atoms with Gasteiger partial charge in [0.1, 0.15) is 11.9 Å². The molecule has 0 radical (unpaired) electrons. The Morgan fingerprint density at radius 1 is 1.04 bits per heavy atom. The lowest BCUT2D eigenvalue weighted by Gasteiger charge is -2.32. The minimum absolute atomic E-state index is 0.0141. The van der Waals surface area contributed by atoms with Gasteiger partial charge in [-0.3, -0.25) is 4.79 Å². The molecule has 0 aliphatic carbocycles. The molecule has 144 valence electrons. The zero-order valence-corrected chi connectivity index (χ0v) is 15.9. The molecule has 2 heterocycles. The third-order valence-corrected chi connectivity index (χ3v) is 5.76. The van der Waals surface area contributed by atoms with Gasteiger partial charge in [0.2, 0.25) is 0 Å². The molecule has 1 aliphatic heterocycles. The topological polar surface area (TPSA) is 29.5 Å². The summed E-state index contributed by atoms with van der Waals surface area (Å²) in [6, 6.07) is 15.1. The summed E-state index contributed by atoms with van der Waals surface area (Å²) in [7, 11) is 0. The number of likely N-dealkylation sites (tertiary alicyclic amines) is 1. The summed E-state index contributed by atoms with van der Waals surface area (Å²) < 4.78 is 32.5. The average Bonchev–Trinajstić information content (AvgIpc) is 3.21. The third kappa shape index (κ3) is 3.92. The lowest BCUT2D eigenvalue weighted by atomic mass is 10.0. The van der Waals surface area contributed by atoms with E-state index < -0.39 is 11.6 Å². The van der Waals surface area contributed by atoms with Gasteiger partial charge in [0.15, 0.2) is 11.6 Å². The van der Waals surface area contributed by atoms with Crippen LogP contribution in [0.15, 0.2) is 60.0 Å². The van der Waals surface area contributed by atoms with Crippen LogP contribution in [0.5, 0.6) is 5.75 Å². The SMILES string of the molecule is O=C(c1sccc1-c1ccccc1)N1CCC(Oc2ccc(F)cc2F)CC1. The molecular formula is C22H19F2NO2S. The molecule has 1 aromatic heterocycles. The standard InChI is InChI=1S/C22H19F2NO2S/c23-16-6-7-20(19(24)14-16)27-17-8-11-25(12-9-17)22(26)21-18(10-13-28-21)15-4-2-1-3-5-15/h1-7,10,13-14,17H,8-9,11-12H2. The van der Waals surface area contributed by atoms with E-state index in [-0.39, 0.29) is 17.8 Å². The molecule has 0 saturated carbocycles. The number of carbonyl (C=O) groups is 1. The number of thiophene rings is 1. The van der Waals surface area contributed by atoms with Crippen LogP contribution in [0.25, 0.3) is 11.1 Å². The van der Waals surface area contributed by atoms with Crippen LogP contribution in [0.4, 0.5) is 8.78 Å². The molecule has 1 aliphatic rings. The number of amides is 1. The number of halogens is 2. The molecule has 28 heavy (non-hydrogen) atoms. The molecule has 2 aromatic carbocycles. The fourth-order valence-corrected chi connectivity index (χ4v) is 4.27. The van der Waals surface area contributed by atoms with Gasteiger partial charge in [0.25, 0.3) is 5.91 Å². The average molecular weight is 399 g/mol. The second kappa shape index (κ2) is 8.10. The van der Waals surface area contributed by atoms with Gasteiger partial charge in [0.05, 0.1) is 4.88 Å². The van der Waals surface area contributed by atoms with Crippen molar-refractivity contribution in [3.05, 3.63) is 76.5 Å². The van der Waals surface area contributed by atoms with Gasteiger partial charge in [-0.25, -0.2) is 8.78 Å². The largest absolute Gasteiger partial charge is 0.487 e. The molecule has 6 heteroatoms. The summed E-state index contributed by atoms with van der Waals surface area (Å²) in [5.41, 5.74) is 1.97. The van der Waals surface area contributed by atoms with Crippen LogP contribution in [0.1, 0.15) is 22.5 Å². The van der Waals surface area contributed by atoms with E-state index in [1.807, 2.05) is 46.7 Å². The normalized spacial score (nSPS) is 14.9. The van der Waals surface area contributed by atoms with Crippen molar-refractivity contribution < 1.29 is 18.3 Å².